The highest BCUT2D eigenvalue weighted by Crippen LogP contribution is 2.24. The first-order chi connectivity index (χ1) is 11.9. The van der Waals surface area contributed by atoms with Crippen LogP contribution in [0.1, 0.15) is 29.8 Å². The number of hydrogen-bond donors (Lipinski definition) is 2. The number of carbonyl (C=O) groups is 2. The van der Waals surface area contributed by atoms with Gasteiger partial charge >= 0.3 is 5.97 Å². The summed E-state index contributed by atoms with van der Waals surface area (Å²) in [5, 5.41) is 11.9. The molecule has 1 amide bonds. The second kappa shape index (κ2) is 8.48. The van der Waals surface area contributed by atoms with Gasteiger partial charge in [0.2, 0.25) is 5.88 Å². The summed E-state index contributed by atoms with van der Waals surface area (Å²) in [5.74, 6) is -0.800. The molecular weight excluding hydrogens is 344 g/mol. The zero-order valence-electron chi connectivity index (χ0n) is 14.0. The standard InChI is InChI=1S/C18H19ClN2O4/c1-11(2)10-25-18-14(19)7-13(9-20-18)17(24)21-15-6-4-3-5-12(15)8-16(22)23/h3-7,9,11H,8,10H2,1-2H3,(H,21,24)(H,22,23). The Bertz CT molecular complexity index is 777. The first-order valence-corrected chi connectivity index (χ1v) is 8.14. The number of aromatic nitrogens is 1. The Morgan fingerprint density at radius 2 is 2.04 bits per heavy atom. The van der Waals surface area contributed by atoms with E-state index in [-0.39, 0.29) is 22.9 Å². The highest BCUT2D eigenvalue weighted by atomic mass is 35.5. The predicted molar refractivity (Wildman–Crippen MR) is 95.3 cm³/mol. The molecule has 0 aliphatic rings. The fraction of sp³-hybridized carbons (Fsp3) is 0.278. The molecule has 1 aromatic heterocycles. The van der Waals surface area contributed by atoms with Crippen LogP contribution in [0.5, 0.6) is 5.88 Å². The maximum Gasteiger partial charge on any atom is 0.307 e. The van der Waals surface area contributed by atoms with Crippen LogP contribution in [0.25, 0.3) is 0 Å². The van der Waals surface area contributed by atoms with Crippen LogP contribution in [0.3, 0.4) is 0 Å². The first kappa shape index (κ1) is 18.7. The van der Waals surface area contributed by atoms with Crippen LogP contribution in [0, 0.1) is 5.92 Å². The van der Waals surface area contributed by atoms with Gasteiger partial charge in [-0.2, -0.15) is 0 Å². The van der Waals surface area contributed by atoms with E-state index in [9.17, 15) is 9.59 Å². The van der Waals surface area contributed by atoms with Crippen LogP contribution in [0.15, 0.2) is 36.5 Å². The number of carboxylic acid groups (broad SMARTS) is 1. The SMILES string of the molecule is CC(C)COc1ncc(C(=O)Nc2ccccc2CC(=O)O)cc1Cl. The zero-order valence-corrected chi connectivity index (χ0v) is 14.7. The van der Waals surface area contributed by atoms with Crippen molar-refractivity contribution in [3.8, 4) is 5.88 Å². The van der Waals surface area contributed by atoms with Crippen LogP contribution in [0.4, 0.5) is 5.69 Å². The Labute approximate surface area is 150 Å². The minimum atomic E-state index is -0.974. The van der Waals surface area contributed by atoms with Crippen molar-refractivity contribution in [1.82, 2.24) is 4.98 Å². The summed E-state index contributed by atoms with van der Waals surface area (Å²) in [7, 11) is 0. The van der Waals surface area contributed by atoms with Gasteiger partial charge in [0.1, 0.15) is 5.02 Å². The molecule has 2 aromatic rings. The molecule has 0 bridgehead atoms. The van der Waals surface area contributed by atoms with E-state index in [1.165, 1.54) is 12.3 Å². The number of hydrogen-bond acceptors (Lipinski definition) is 4. The van der Waals surface area contributed by atoms with E-state index in [1.807, 2.05) is 13.8 Å². The maximum absolute atomic E-state index is 12.4. The number of anilines is 1. The molecule has 2 rings (SSSR count). The molecule has 0 aliphatic carbocycles. The number of carbonyl (C=O) groups excluding carboxylic acids is 1. The molecule has 0 spiro atoms. The Morgan fingerprint density at radius 1 is 1.32 bits per heavy atom. The van der Waals surface area contributed by atoms with Gasteiger partial charge in [-0.3, -0.25) is 9.59 Å². The molecule has 6 nitrogen and oxygen atoms in total. The minimum Gasteiger partial charge on any atom is -0.481 e. The topological polar surface area (TPSA) is 88.5 Å². The van der Waals surface area contributed by atoms with Crippen molar-refractivity contribution >= 4 is 29.2 Å². The Hall–Kier alpha value is -2.60. The van der Waals surface area contributed by atoms with E-state index in [0.717, 1.165) is 0 Å². The van der Waals surface area contributed by atoms with Gasteiger partial charge in [0.25, 0.3) is 5.91 Å². The van der Waals surface area contributed by atoms with E-state index in [1.54, 1.807) is 24.3 Å². The monoisotopic (exact) mass is 362 g/mol. The molecule has 0 saturated heterocycles. The largest absolute Gasteiger partial charge is 0.481 e. The number of amides is 1. The van der Waals surface area contributed by atoms with Crippen molar-refractivity contribution in [3.63, 3.8) is 0 Å². The van der Waals surface area contributed by atoms with Crippen LogP contribution < -0.4 is 10.1 Å². The minimum absolute atomic E-state index is 0.183. The molecule has 0 fully saturated rings. The summed E-state index contributed by atoms with van der Waals surface area (Å²) in [6, 6.07) is 8.20. The predicted octanol–water partition coefficient (Wildman–Crippen LogP) is 3.65. The number of para-hydroxylation sites is 1. The number of nitrogens with zero attached hydrogens (tertiary/aromatic N) is 1. The van der Waals surface area contributed by atoms with Crippen molar-refractivity contribution in [2.75, 3.05) is 11.9 Å². The Kier molecular flexibility index (Phi) is 6.36. The smallest absolute Gasteiger partial charge is 0.307 e. The third-order valence-corrected chi connectivity index (χ3v) is 3.50. The van der Waals surface area contributed by atoms with Gasteiger partial charge in [-0.25, -0.2) is 4.98 Å². The zero-order chi connectivity index (χ0) is 18.4. The van der Waals surface area contributed by atoms with E-state index >= 15 is 0 Å². The van der Waals surface area contributed by atoms with Crippen LogP contribution >= 0.6 is 11.6 Å². The quantitative estimate of drug-likeness (QED) is 0.784. The van der Waals surface area contributed by atoms with Gasteiger partial charge < -0.3 is 15.2 Å². The third kappa shape index (κ3) is 5.46. The molecule has 1 heterocycles. The molecule has 0 saturated carbocycles. The summed E-state index contributed by atoms with van der Waals surface area (Å²) in [4.78, 5) is 27.4. The van der Waals surface area contributed by atoms with Gasteiger partial charge in [0.05, 0.1) is 18.6 Å². The molecule has 0 aliphatic heterocycles. The average molecular weight is 363 g/mol. The lowest BCUT2D eigenvalue weighted by atomic mass is 10.1. The molecular formula is C18H19ClN2O4. The van der Waals surface area contributed by atoms with E-state index in [4.69, 9.17) is 21.4 Å². The van der Waals surface area contributed by atoms with Crippen molar-refractivity contribution in [3.05, 3.63) is 52.7 Å². The number of carboxylic acids is 1. The lowest BCUT2D eigenvalue weighted by molar-refractivity contribution is -0.136. The van der Waals surface area contributed by atoms with Crippen molar-refractivity contribution < 1.29 is 19.4 Å². The van der Waals surface area contributed by atoms with Crippen LogP contribution in [-0.4, -0.2) is 28.6 Å². The van der Waals surface area contributed by atoms with Crippen molar-refractivity contribution in [2.24, 2.45) is 5.92 Å². The van der Waals surface area contributed by atoms with Gasteiger partial charge in [0, 0.05) is 11.9 Å². The number of halogens is 1. The number of benzene rings is 1. The summed E-state index contributed by atoms with van der Waals surface area (Å²) in [6.07, 6.45) is 1.19. The van der Waals surface area contributed by atoms with Crippen LogP contribution in [-0.2, 0) is 11.2 Å². The Balaban J connectivity index is 2.14. The summed E-state index contributed by atoms with van der Waals surface area (Å²) >= 11 is 6.11. The van der Waals surface area contributed by atoms with Gasteiger partial charge in [0.15, 0.2) is 0 Å². The number of nitrogens with one attached hydrogen (secondary N) is 1. The molecule has 25 heavy (non-hydrogen) atoms. The molecule has 0 radical (unpaired) electrons. The number of rotatable bonds is 7. The first-order valence-electron chi connectivity index (χ1n) is 7.76. The van der Waals surface area contributed by atoms with Gasteiger partial charge in [-0.05, 0) is 23.6 Å². The van der Waals surface area contributed by atoms with Gasteiger partial charge in [-0.1, -0.05) is 43.6 Å². The Morgan fingerprint density at radius 3 is 2.68 bits per heavy atom. The van der Waals surface area contributed by atoms with E-state index in [2.05, 4.69) is 10.3 Å². The summed E-state index contributed by atoms with van der Waals surface area (Å²) in [6.45, 7) is 4.48. The molecule has 0 atom stereocenters. The average Bonchev–Trinajstić information content (AvgIpc) is 2.54. The fourth-order valence-electron chi connectivity index (χ4n) is 2.06. The lowest BCUT2D eigenvalue weighted by Crippen LogP contribution is -2.15. The molecule has 1 aromatic carbocycles. The number of aliphatic carboxylic acids is 1. The normalized spacial score (nSPS) is 10.6. The van der Waals surface area contributed by atoms with E-state index < -0.39 is 11.9 Å². The third-order valence-electron chi connectivity index (χ3n) is 3.23. The van der Waals surface area contributed by atoms with E-state index in [0.29, 0.717) is 23.8 Å². The number of ether oxygens (including phenoxy) is 1. The fourth-order valence-corrected chi connectivity index (χ4v) is 2.28. The van der Waals surface area contributed by atoms with Crippen molar-refractivity contribution in [1.29, 1.82) is 0 Å². The second-order valence-electron chi connectivity index (χ2n) is 5.90. The highest BCUT2D eigenvalue weighted by Gasteiger charge is 2.14. The second-order valence-corrected chi connectivity index (χ2v) is 6.30. The highest BCUT2D eigenvalue weighted by molar-refractivity contribution is 6.32. The molecule has 132 valence electrons. The summed E-state index contributed by atoms with van der Waals surface area (Å²) < 4.78 is 5.47. The van der Waals surface area contributed by atoms with Crippen LogP contribution in [0.2, 0.25) is 5.02 Å². The maximum atomic E-state index is 12.4. The van der Waals surface area contributed by atoms with Crippen molar-refractivity contribution in [2.45, 2.75) is 20.3 Å². The molecule has 7 heteroatoms. The summed E-state index contributed by atoms with van der Waals surface area (Å²) in [5.41, 5.74) is 1.21. The van der Waals surface area contributed by atoms with Gasteiger partial charge in [-0.15, -0.1) is 0 Å². The lowest BCUT2D eigenvalue weighted by Gasteiger charge is -2.12. The number of pyridine rings is 1. The molecule has 2 N–H and O–H groups in total. The molecule has 0 unspecified atom stereocenters.